The number of carbonyl (C=O) groups is 1. The van der Waals surface area contributed by atoms with Crippen LogP contribution in [0.1, 0.15) is 36.2 Å². The molecule has 4 rings (SSSR count). The highest BCUT2D eigenvalue weighted by atomic mass is 19.1. The maximum atomic E-state index is 15.2. The van der Waals surface area contributed by atoms with Gasteiger partial charge >= 0.3 is 0 Å². The first-order valence-corrected chi connectivity index (χ1v) is 9.32. The highest BCUT2D eigenvalue weighted by molar-refractivity contribution is 5.94. The lowest BCUT2D eigenvalue weighted by atomic mass is 10.1. The lowest BCUT2D eigenvalue weighted by Gasteiger charge is -2.39. The largest absolute Gasteiger partial charge is 0.492 e. The molecule has 0 radical (unpaired) electrons. The number of ether oxygens (including phenoxy) is 1. The predicted octanol–water partition coefficient (Wildman–Crippen LogP) is 2.44. The number of fused-ring (bicyclic) bond motifs is 1. The molecule has 1 aromatic heterocycles. The number of aromatic nitrogens is 1. The highest BCUT2D eigenvalue weighted by Gasteiger charge is 2.31. The molecular weight excluding hydrogens is 349 g/mol. The van der Waals surface area contributed by atoms with Crippen molar-refractivity contribution in [2.24, 2.45) is 0 Å². The Morgan fingerprint density at radius 3 is 2.63 bits per heavy atom. The van der Waals surface area contributed by atoms with Crippen molar-refractivity contribution in [3.63, 3.8) is 0 Å². The summed E-state index contributed by atoms with van der Waals surface area (Å²) < 4.78 is 22.7. The fourth-order valence-electron chi connectivity index (χ4n) is 3.93. The predicted molar refractivity (Wildman–Crippen MR) is 103 cm³/mol. The van der Waals surface area contributed by atoms with Crippen LogP contribution in [0.4, 0.5) is 10.1 Å². The van der Waals surface area contributed by atoms with E-state index in [1.165, 1.54) is 13.2 Å². The lowest BCUT2D eigenvalue weighted by molar-refractivity contribution is 0.112. The van der Waals surface area contributed by atoms with Crippen LogP contribution in [0.5, 0.6) is 5.75 Å². The summed E-state index contributed by atoms with van der Waals surface area (Å²) in [4.78, 5) is 28.2. The van der Waals surface area contributed by atoms with Crippen LogP contribution in [0.25, 0.3) is 10.9 Å². The third kappa shape index (κ3) is 2.90. The van der Waals surface area contributed by atoms with Gasteiger partial charge in [0.2, 0.25) is 0 Å². The first kappa shape index (κ1) is 18.0. The van der Waals surface area contributed by atoms with Gasteiger partial charge < -0.3 is 19.1 Å². The minimum atomic E-state index is -0.487. The molecule has 0 amide bonds. The zero-order chi connectivity index (χ0) is 19.3. The van der Waals surface area contributed by atoms with Crippen LogP contribution >= 0.6 is 0 Å². The third-order valence-electron chi connectivity index (χ3n) is 5.77. The van der Waals surface area contributed by atoms with Crippen LogP contribution in [0.2, 0.25) is 0 Å². The molecule has 2 fully saturated rings. The topological polar surface area (TPSA) is 54.8 Å². The van der Waals surface area contributed by atoms with Crippen molar-refractivity contribution in [2.75, 3.05) is 38.7 Å². The van der Waals surface area contributed by atoms with Gasteiger partial charge in [0.25, 0.3) is 0 Å². The number of aldehydes is 1. The Morgan fingerprint density at radius 1 is 1.30 bits per heavy atom. The van der Waals surface area contributed by atoms with Gasteiger partial charge in [-0.2, -0.15) is 0 Å². The summed E-state index contributed by atoms with van der Waals surface area (Å²) in [7, 11) is 3.56. The van der Waals surface area contributed by atoms with Crippen molar-refractivity contribution in [1.82, 2.24) is 9.47 Å². The number of anilines is 1. The molecule has 1 saturated carbocycles. The van der Waals surface area contributed by atoms with E-state index in [1.54, 1.807) is 6.20 Å². The van der Waals surface area contributed by atoms with Crippen molar-refractivity contribution in [1.29, 1.82) is 0 Å². The molecule has 2 aliphatic rings. The molecule has 0 spiro atoms. The number of methoxy groups -OCH3 is 1. The van der Waals surface area contributed by atoms with Gasteiger partial charge in [0.15, 0.2) is 23.3 Å². The van der Waals surface area contributed by atoms with E-state index in [0.717, 1.165) is 19.4 Å². The minimum absolute atomic E-state index is 0.0526. The van der Waals surface area contributed by atoms with E-state index in [1.807, 2.05) is 9.47 Å². The van der Waals surface area contributed by atoms with Gasteiger partial charge in [-0.05, 0) is 32.9 Å². The van der Waals surface area contributed by atoms with Gasteiger partial charge in [-0.3, -0.25) is 9.59 Å². The lowest BCUT2D eigenvalue weighted by Crippen LogP contribution is -2.50. The van der Waals surface area contributed by atoms with Gasteiger partial charge in [-0.25, -0.2) is 4.39 Å². The summed E-state index contributed by atoms with van der Waals surface area (Å²) in [6.45, 7) is 4.28. The fourth-order valence-corrected chi connectivity index (χ4v) is 3.93. The van der Waals surface area contributed by atoms with Crippen molar-refractivity contribution >= 4 is 22.9 Å². The van der Waals surface area contributed by atoms with Crippen molar-refractivity contribution in [3.8, 4) is 5.75 Å². The van der Waals surface area contributed by atoms with Crippen LogP contribution in [-0.4, -0.2) is 55.6 Å². The molecule has 2 aromatic rings. The summed E-state index contributed by atoms with van der Waals surface area (Å²) in [5.74, 6) is -0.109. The molecule has 1 saturated heterocycles. The van der Waals surface area contributed by atoms with Gasteiger partial charge in [-0.15, -0.1) is 0 Å². The molecular formula is C20H24FN3O3. The Bertz CT molecular complexity index is 967. The molecule has 7 heteroatoms. The van der Waals surface area contributed by atoms with Gasteiger partial charge in [0.05, 0.1) is 23.6 Å². The average Bonchev–Trinajstić information content (AvgIpc) is 3.49. The maximum absolute atomic E-state index is 15.2. The molecule has 1 unspecified atom stereocenters. The monoisotopic (exact) mass is 373 g/mol. The zero-order valence-electron chi connectivity index (χ0n) is 15.9. The molecule has 0 N–H and O–H groups in total. The van der Waals surface area contributed by atoms with E-state index in [4.69, 9.17) is 4.74 Å². The van der Waals surface area contributed by atoms with Gasteiger partial charge in [0, 0.05) is 37.9 Å². The molecule has 6 nitrogen and oxygen atoms in total. The molecule has 1 aliphatic heterocycles. The minimum Gasteiger partial charge on any atom is -0.492 e. The molecule has 27 heavy (non-hydrogen) atoms. The Kier molecular flexibility index (Phi) is 4.42. The van der Waals surface area contributed by atoms with Crippen LogP contribution in [-0.2, 0) is 0 Å². The molecule has 1 aromatic carbocycles. The van der Waals surface area contributed by atoms with Gasteiger partial charge in [-0.1, -0.05) is 0 Å². The van der Waals surface area contributed by atoms with E-state index in [2.05, 4.69) is 18.9 Å². The number of nitrogens with zero attached hydrogens (tertiary/aromatic N) is 3. The second-order valence-electron chi connectivity index (χ2n) is 7.58. The second kappa shape index (κ2) is 6.64. The van der Waals surface area contributed by atoms with Crippen LogP contribution in [0.3, 0.4) is 0 Å². The summed E-state index contributed by atoms with van der Waals surface area (Å²) in [6.07, 6.45) is 4.07. The second-order valence-corrected chi connectivity index (χ2v) is 7.58. The van der Waals surface area contributed by atoms with Crippen molar-refractivity contribution in [3.05, 3.63) is 33.9 Å². The number of rotatable bonds is 4. The summed E-state index contributed by atoms with van der Waals surface area (Å²) in [5, 5.41) is 0.201. The first-order chi connectivity index (χ1) is 13.0. The first-order valence-electron chi connectivity index (χ1n) is 9.32. The number of hydrogen-bond acceptors (Lipinski definition) is 5. The van der Waals surface area contributed by atoms with Crippen LogP contribution in [0, 0.1) is 5.82 Å². The Morgan fingerprint density at radius 2 is 2.04 bits per heavy atom. The average molecular weight is 373 g/mol. The number of hydrogen-bond donors (Lipinski definition) is 0. The number of pyridine rings is 1. The van der Waals surface area contributed by atoms with Crippen LogP contribution < -0.4 is 15.1 Å². The summed E-state index contributed by atoms with van der Waals surface area (Å²) in [5.41, 5.74) is 0.584. The summed E-state index contributed by atoms with van der Waals surface area (Å²) in [6, 6.07) is 1.76. The smallest absolute Gasteiger partial charge is 0.200 e. The number of piperazine rings is 1. The van der Waals surface area contributed by atoms with E-state index in [-0.39, 0.29) is 23.0 Å². The standard InChI is InChI=1S/C20H24FN3O3/c1-12-9-23(7-6-22(12)2)18-16(21)8-15-17(20(18)27-3)24(14-4-5-14)10-13(11-25)19(15)26/h8,10-12,14H,4-7,9H2,1-3H3. The Balaban J connectivity index is 1.98. The molecule has 1 aliphatic carbocycles. The van der Waals surface area contributed by atoms with E-state index < -0.39 is 11.2 Å². The Labute approximate surface area is 157 Å². The normalized spacial score (nSPS) is 20.9. The molecule has 0 bridgehead atoms. The zero-order valence-corrected chi connectivity index (χ0v) is 15.9. The summed E-state index contributed by atoms with van der Waals surface area (Å²) >= 11 is 0. The molecule has 144 valence electrons. The third-order valence-corrected chi connectivity index (χ3v) is 5.77. The number of benzene rings is 1. The van der Waals surface area contributed by atoms with Gasteiger partial charge in [0.1, 0.15) is 5.69 Å². The van der Waals surface area contributed by atoms with E-state index >= 15 is 4.39 Å². The number of halogens is 1. The quantitative estimate of drug-likeness (QED) is 0.771. The van der Waals surface area contributed by atoms with E-state index in [9.17, 15) is 9.59 Å². The maximum Gasteiger partial charge on any atom is 0.200 e. The van der Waals surface area contributed by atoms with Crippen molar-refractivity contribution in [2.45, 2.75) is 31.8 Å². The van der Waals surface area contributed by atoms with E-state index in [0.29, 0.717) is 36.3 Å². The molecule has 2 heterocycles. The SMILES string of the molecule is COc1c(N2CCN(C)C(C)C2)c(F)cc2c(=O)c(C=O)cn(C3CC3)c12. The van der Waals surface area contributed by atoms with Crippen LogP contribution in [0.15, 0.2) is 17.1 Å². The number of carbonyl (C=O) groups excluding carboxylic acids is 1. The molecule has 1 atom stereocenters. The number of likely N-dealkylation sites (N-methyl/N-ethyl adjacent to an activating group) is 1. The Hall–Kier alpha value is -2.41. The van der Waals surface area contributed by atoms with Crippen molar-refractivity contribution < 1.29 is 13.9 Å². The highest BCUT2D eigenvalue weighted by Crippen LogP contribution is 2.43. The fraction of sp³-hybridized carbons (Fsp3) is 0.500.